The molecule has 6 heteroatoms. The van der Waals surface area contributed by atoms with Gasteiger partial charge in [0.1, 0.15) is 5.01 Å². The van der Waals surface area contributed by atoms with Crippen LogP contribution >= 0.6 is 11.3 Å². The Kier molecular flexibility index (Phi) is 2.58. The predicted molar refractivity (Wildman–Crippen MR) is 66.9 cm³/mol. The zero-order valence-electron chi connectivity index (χ0n) is 9.29. The van der Waals surface area contributed by atoms with Crippen LogP contribution in [-0.4, -0.2) is 26.9 Å². The van der Waals surface area contributed by atoms with E-state index in [4.69, 9.17) is 0 Å². The Morgan fingerprint density at radius 2 is 2.06 bits per heavy atom. The molecular weight excluding hydrogens is 234 g/mol. The summed E-state index contributed by atoms with van der Waals surface area (Å²) in [5.41, 5.74) is 1.03. The van der Waals surface area contributed by atoms with Crippen molar-refractivity contribution in [2.75, 3.05) is 7.05 Å². The highest BCUT2D eigenvalue weighted by Gasteiger charge is 2.12. The van der Waals surface area contributed by atoms with Crippen LogP contribution < -0.4 is 5.32 Å². The normalized spacial score (nSPS) is 11.1. The fraction of sp³-hybridized carbons (Fsp3) is 0.182. The van der Waals surface area contributed by atoms with Crippen molar-refractivity contribution in [1.82, 2.24) is 25.1 Å². The minimum absolute atomic E-state index is 0.752. The number of rotatable bonds is 3. The fourth-order valence-electron chi connectivity index (χ4n) is 1.65. The molecule has 3 rings (SSSR count). The molecule has 86 valence electrons. The van der Waals surface area contributed by atoms with Gasteiger partial charge in [0.15, 0.2) is 5.82 Å². The molecule has 0 bridgehead atoms. The van der Waals surface area contributed by atoms with E-state index in [9.17, 15) is 0 Å². The molecule has 1 N–H and O–H groups in total. The second-order valence-electron chi connectivity index (χ2n) is 3.61. The molecule has 0 fully saturated rings. The Hall–Kier alpha value is -1.79. The molecule has 0 aliphatic carbocycles. The van der Waals surface area contributed by atoms with Gasteiger partial charge >= 0.3 is 0 Å². The third-order valence-electron chi connectivity index (χ3n) is 2.39. The quantitative estimate of drug-likeness (QED) is 0.761. The monoisotopic (exact) mass is 245 g/mol. The SMILES string of the molecule is CNCc1nn2c(-c3ccccc3)nnc2s1. The van der Waals surface area contributed by atoms with E-state index in [-0.39, 0.29) is 0 Å². The molecular formula is C11H11N5S. The van der Waals surface area contributed by atoms with E-state index in [0.29, 0.717) is 0 Å². The van der Waals surface area contributed by atoms with Crippen molar-refractivity contribution in [3.63, 3.8) is 0 Å². The first-order valence-corrected chi connectivity index (χ1v) is 6.11. The van der Waals surface area contributed by atoms with Crippen LogP contribution in [-0.2, 0) is 6.54 Å². The van der Waals surface area contributed by atoms with Crippen molar-refractivity contribution in [2.45, 2.75) is 6.54 Å². The van der Waals surface area contributed by atoms with Crippen molar-refractivity contribution < 1.29 is 0 Å². The summed E-state index contributed by atoms with van der Waals surface area (Å²) in [6.07, 6.45) is 0. The fourth-order valence-corrected chi connectivity index (χ4v) is 2.49. The summed E-state index contributed by atoms with van der Waals surface area (Å²) in [6, 6.07) is 9.96. The average molecular weight is 245 g/mol. The van der Waals surface area contributed by atoms with Crippen LogP contribution in [0, 0.1) is 0 Å². The van der Waals surface area contributed by atoms with Gasteiger partial charge in [-0.1, -0.05) is 41.7 Å². The highest BCUT2D eigenvalue weighted by molar-refractivity contribution is 7.16. The molecule has 0 atom stereocenters. The van der Waals surface area contributed by atoms with E-state index >= 15 is 0 Å². The topological polar surface area (TPSA) is 55.1 Å². The lowest BCUT2D eigenvalue weighted by atomic mass is 10.2. The lowest BCUT2D eigenvalue weighted by Crippen LogP contribution is -2.05. The van der Waals surface area contributed by atoms with E-state index in [0.717, 1.165) is 27.9 Å². The summed E-state index contributed by atoms with van der Waals surface area (Å²) in [7, 11) is 1.90. The maximum absolute atomic E-state index is 4.49. The van der Waals surface area contributed by atoms with Crippen molar-refractivity contribution in [1.29, 1.82) is 0 Å². The number of hydrogen-bond donors (Lipinski definition) is 1. The van der Waals surface area contributed by atoms with E-state index in [1.807, 2.05) is 37.4 Å². The first kappa shape index (κ1) is 10.4. The van der Waals surface area contributed by atoms with E-state index in [1.165, 1.54) is 0 Å². The highest BCUT2D eigenvalue weighted by atomic mass is 32.1. The summed E-state index contributed by atoms with van der Waals surface area (Å²) in [5.74, 6) is 0.791. The molecule has 0 amide bonds. The Labute approximate surface area is 102 Å². The Morgan fingerprint density at radius 1 is 1.24 bits per heavy atom. The minimum Gasteiger partial charge on any atom is -0.313 e. The zero-order chi connectivity index (χ0) is 11.7. The number of fused-ring (bicyclic) bond motifs is 1. The number of nitrogens with zero attached hydrogens (tertiary/aromatic N) is 4. The smallest absolute Gasteiger partial charge is 0.235 e. The van der Waals surface area contributed by atoms with Gasteiger partial charge < -0.3 is 5.32 Å². The van der Waals surface area contributed by atoms with E-state index in [2.05, 4.69) is 20.6 Å². The first-order valence-electron chi connectivity index (χ1n) is 5.29. The third kappa shape index (κ3) is 1.81. The number of aromatic nitrogens is 4. The average Bonchev–Trinajstić information content (AvgIpc) is 2.90. The summed E-state index contributed by atoms with van der Waals surface area (Å²) in [4.78, 5) is 0.828. The Balaban J connectivity index is 2.11. The van der Waals surface area contributed by atoms with Gasteiger partial charge in [0.2, 0.25) is 4.96 Å². The molecule has 0 saturated heterocycles. The molecule has 0 aliphatic heterocycles. The van der Waals surface area contributed by atoms with Gasteiger partial charge in [-0.05, 0) is 7.05 Å². The molecule has 1 aromatic carbocycles. The van der Waals surface area contributed by atoms with Crippen LogP contribution in [0.1, 0.15) is 5.01 Å². The molecule has 0 unspecified atom stereocenters. The minimum atomic E-state index is 0.752. The van der Waals surface area contributed by atoms with Crippen molar-refractivity contribution in [3.8, 4) is 11.4 Å². The standard InChI is InChI=1S/C11H11N5S/c1-12-7-9-15-16-10(13-14-11(16)17-9)8-5-3-2-4-6-8/h2-6,12H,7H2,1H3. The van der Waals surface area contributed by atoms with Gasteiger partial charge in [-0.3, -0.25) is 0 Å². The molecule has 0 radical (unpaired) electrons. The van der Waals surface area contributed by atoms with Crippen LogP contribution in [0.15, 0.2) is 30.3 Å². The van der Waals surface area contributed by atoms with Crippen LogP contribution in [0.5, 0.6) is 0 Å². The largest absolute Gasteiger partial charge is 0.313 e. The zero-order valence-corrected chi connectivity index (χ0v) is 10.1. The van der Waals surface area contributed by atoms with Gasteiger partial charge in [-0.25, -0.2) is 0 Å². The van der Waals surface area contributed by atoms with Crippen LogP contribution in [0.2, 0.25) is 0 Å². The number of benzene rings is 1. The first-order chi connectivity index (χ1) is 8.38. The summed E-state index contributed by atoms with van der Waals surface area (Å²) in [5, 5.41) is 16.9. The molecule has 0 aliphatic rings. The molecule has 2 heterocycles. The van der Waals surface area contributed by atoms with Crippen molar-refractivity contribution in [3.05, 3.63) is 35.3 Å². The number of nitrogens with one attached hydrogen (secondary N) is 1. The van der Waals surface area contributed by atoms with Crippen molar-refractivity contribution >= 4 is 16.3 Å². The second-order valence-corrected chi connectivity index (χ2v) is 4.65. The number of hydrogen-bond acceptors (Lipinski definition) is 5. The third-order valence-corrected chi connectivity index (χ3v) is 3.29. The molecule has 0 saturated carbocycles. The van der Waals surface area contributed by atoms with Crippen LogP contribution in [0.3, 0.4) is 0 Å². The molecule has 17 heavy (non-hydrogen) atoms. The van der Waals surface area contributed by atoms with Gasteiger partial charge in [0.25, 0.3) is 0 Å². The van der Waals surface area contributed by atoms with Crippen LogP contribution in [0.4, 0.5) is 0 Å². The second kappa shape index (κ2) is 4.23. The summed E-state index contributed by atoms with van der Waals surface area (Å²) >= 11 is 1.55. The maximum Gasteiger partial charge on any atom is 0.235 e. The highest BCUT2D eigenvalue weighted by Crippen LogP contribution is 2.20. The summed E-state index contributed by atoms with van der Waals surface area (Å²) in [6.45, 7) is 0.752. The molecule has 0 spiro atoms. The maximum atomic E-state index is 4.49. The molecule has 3 aromatic rings. The predicted octanol–water partition coefficient (Wildman–Crippen LogP) is 1.57. The summed E-state index contributed by atoms with van der Waals surface area (Å²) < 4.78 is 1.80. The Morgan fingerprint density at radius 3 is 2.82 bits per heavy atom. The van der Waals surface area contributed by atoms with Gasteiger partial charge in [-0.15, -0.1) is 10.2 Å². The molecule has 2 aromatic heterocycles. The van der Waals surface area contributed by atoms with Gasteiger partial charge in [-0.2, -0.15) is 9.61 Å². The Bertz CT molecular complexity index is 628. The van der Waals surface area contributed by atoms with Gasteiger partial charge in [0, 0.05) is 12.1 Å². The lowest BCUT2D eigenvalue weighted by molar-refractivity contribution is 0.781. The molecule has 5 nitrogen and oxygen atoms in total. The lowest BCUT2D eigenvalue weighted by Gasteiger charge is -1.95. The van der Waals surface area contributed by atoms with Gasteiger partial charge in [0.05, 0.1) is 0 Å². The van der Waals surface area contributed by atoms with Crippen LogP contribution in [0.25, 0.3) is 16.3 Å². The van der Waals surface area contributed by atoms with E-state index < -0.39 is 0 Å². The van der Waals surface area contributed by atoms with Crippen molar-refractivity contribution in [2.24, 2.45) is 0 Å². The van der Waals surface area contributed by atoms with E-state index in [1.54, 1.807) is 15.9 Å².